The maximum atomic E-state index is 8.90. The van der Waals surface area contributed by atoms with Crippen molar-refractivity contribution in [1.82, 2.24) is 0 Å². The molecular formula is C8H13BrO3. The average Bonchev–Trinajstić information content (AvgIpc) is 2.09. The molecule has 12 heavy (non-hydrogen) atoms. The highest BCUT2D eigenvalue weighted by Crippen LogP contribution is 2.19. The molecule has 1 aliphatic rings. The van der Waals surface area contributed by atoms with Gasteiger partial charge in [0.25, 0.3) is 0 Å². The second kappa shape index (κ2) is 4.97. The van der Waals surface area contributed by atoms with E-state index in [-0.39, 0.29) is 23.8 Å². The molecule has 3 nitrogen and oxygen atoms in total. The molecule has 4 heteroatoms. The van der Waals surface area contributed by atoms with E-state index < -0.39 is 0 Å². The van der Waals surface area contributed by atoms with Gasteiger partial charge in [-0.2, -0.15) is 0 Å². The van der Waals surface area contributed by atoms with Crippen LogP contribution >= 0.6 is 15.9 Å². The summed E-state index contributed by atoms with van der Waals surface area (Å²) in [5.74, 6) is 0. The molecule has 0 spiro atoms. The van der Waals surface area contributed by atoms with Crippen molar-refractivity contribution in [2.45, 2.75) is 24.1 Å². The molecule has 3 atom stereocenters. The van der Waals surface area contributed by atoms with Gasteiger partial charge in [0, 0.05) is 6.61 Å². The number of hydrogen-bond acceptors (Lipinski definition) is 3. The van der Waals surface area contributed by atoms with Crippen LogP contribution in [0.25, 0.3) is 0 Å². The van der Waals surface area contributed by atoms with Gasteiger partial charge < -0.3 is 14.6 Å². The number of rotatable bonds is 3. The van der Waals surface area contributed by atoms with Crippen molar-refractivity contribution in [3.8, 4) is 0 Å². The van der Waals surface area contributed by atoms with Crippen LogP contribution in [-0.2, 0) is 9.47 Å². The first kappa shape index (κ1) is 10.2. The Hall–Kier alpha value is 0.1000. The van der Waals surface area contributed by atoms with Gasteiger partial charge in [-0.15, -0.1) is 0 Å². The fourth-order valence-electron chi connectivity index (χ4n) is 1.02. The van der Waals surface area contributed by atoms with Gasteiger partial charge in [0.15, 0.2) is 6.29 Å². The van der Waals surface area contributed by atoms with Crippen LogP contribution in [0.4, 0.5) is 0 Å². The van der Waals surface area contributed by atoms with Gasteiger partial charge in [-0.25, -0.2) is 0 Å². The second-order valence-electron chi connectivity index (χ2n) is 2.51. The van der Waals surface area contributed by atoms with Crippen LogP contribution in [0.5, 0.6) is 0 Å². The summed E-state index contributed by atoms with van der Waals surface area (Å²) in [5.41, 5.74) is 0. The summed E-state index contributed by atoms with van der Waals surface area (Å²) in [7, 11) is 0. The van der Waals surface area contributed by atoms with E-state index in [1.807, 2.05) is 19.1 Å². The summed E-state index contributed by atoms with van der Waals surface area (Å²) in [6.07, 6.45) is 3.27. The van der Waals surface area contributed by atoms with E-state index in [0.717, 1.165) is 0 Å². The third-order valence-corrected chi connectivity index (χ3v) is 2.52. The van der Waals surface area contributed by atoms with Crippen LogP contribution in [-0.4, -0.2) is 35.5 Å². The lowest BCUT2D eigenvalue weighted by molar-refractivity contribution is -0.151. The lowest BCUT2D eigenvalue weighted by Crippen LogP contribution is -2.35. The lowest BCUT2D eigenvalue weighted by Gasteiger charge is -2.27. The molecule has 0 aromatic rings. The number of hydrogen-bond donors (Lipinski definition) is 1. The number of ether oxygens (including phenoxy) is 2. The topological polar surface area (TPSA) is 38.7 Å². The zero-order valence-electron chi connectivity index (χ0n) is 6.94. The molecular weight excluding hydrogens is 224 g/mol. The molecule has 0 fully saturated rings. The maximum absolute atomic E-state index is 8.90. The van der Waals surface area contributed by atoms with Crippen LogP contribution < -0.4 is 0 Å². The van der Waals surface area contributed by atoms with E-state index in [2.05, 4.69) is 15.9 Å². The Bertz CT molecular complexity index is 160. The molecule has 0 saturated carbocycles. The monoisotopic (exact) mass is 236 g/mol. The van der Waals surface area contributed by atoms with E-state index in [1.54, 1.807) is 0 Å². The largest absolute Gasteiger partial charge is 0.394 e. The van der Waals surface area contributed by atoms with Gasteiger partial charge >= 0.3 is 0 Å². The van der Waals surface area contributed by atoms with Gasteiger partial charge in [-0.1, -0.05) is 22.0 Å². The fourth-order valence-corrected chi connectivity index (χ4v) is 1.48. The molecule has 0 unspecified atom stereocenters. The molecule has 1 N–H and O–H groups in total. The molecule has 0 bridgehead atoms. The molecule has 0 amide bonds. The average molecular weight is 237 g/mol. The lowest BCUT2D eigenvalue weighted by atomic mass is 10.2. The first-order chi connectivity index (χ1) is 5.77. The van der Waals surface area contributed by atoms with Gasteiger partial charge in [-0.05, 0) is 13.0 Å². The summed E-state index contributed by atoms with van der Waals surface area (Å²) < 4.78 is 10.6. The summed E-state index contributed by atoms with van der Waals surface area (Å²) >= 11 is 3.37. The first-order valence-corrected chi connectivity index (χ1v) is 4.89. The van der Waals surface area contributed by atoms with Crippen molar-refractivity contribution in [1.29, 1.82) is 0 Å². The number of halogens is 1. The van der Waals surface area contributed by atoms with Gasteiger partial charge in [0.1, 0.15) is 0 Å². The molecule has 0 saturated heterocycles. The number of aliphatic hydroxyl groups excluding tert-OH is 1. The Labute approximate surface area is 80.5 Å². The van der Waals surface area contributed by atoms with Crippen molar-refractivity contribution in [3.63, 3.8) is 0 Å². The molecule has 0 aromatic heterocycles. The minimum Gasteiger partial charge on any atom is -0.394 e. The standard InChI is InChI=1S/C8H13BrO3/c1-2-11-8-4-3-6(9)7(5-10)12-8/h3-4,6-8,10H,2,5H2,1H3/t6-,7+,8+/m0/s1. The molecule has 0 aliphatic carbocycles. The summed E-state index contributed by atoms with van der Waals surface area (Å²) in [6.45, 7) is 2.52. The minimum absolute atomic E-state index is 0.00380. The Balaban J connectivity index is 2.46. The minimum atomic E-state index is -0.305. The Kier molecular flexibility index (Phi) is 4.21. The smallest absolute Gasteiger partial charge is 0.177 e. The number of aliphatic hydroxyl groups is 1. The number of alkyl halides is 1. The van der Waals surface area contributed by atoms with E-state index in [1.165, 1.54) is 0 Å². The maximum Gasteiger partial charge on any atom is 0.177 e. The quantitative estimate of drug-likeness (QED) is 0.589. The SMILES string of the molecule is CCO[C@H]1C=C[C@H](Br)[C@@H](CO)O1. The predicted octanol–water partition coefficient (Wildman–Crippen LogP) is 1.06. The van der Waals surface area contributed by atoms with Gasteiger partial charge in [0.2, 0.25) is 0 Å². The van der Waals surface area contributed by atoms with E-state index in [9.17, 15) is 0 Å². The van der Waals surface area contributed by atoms with Gasteiger partial charge in [-0.3, -0.25) is 0 Å². The first-order valence-electron chi connectivity index (χ1n) is 3.98. The predicted molar refractivity (Wildman–Crippen MR) is 49.2 cm³/mol. The fraction of sp³-hybridized carbons (Fsp3) is 0.750. The zero-order chi connectivity index (χ0) is 8.97. The highest BCUT2D eigenvalue weighted by Gasteiger charge is 2.24. The summed E-state index contributed by atoms with van der Waals surface area (Å²) in [5, 5.41) is 8.90. The van der Waals surface area contributed by atoms with Gasteiger partial charge in [0.05, 0.1) is 17.5 Å². The zero-order valence-corrected chi connectivity index (χ0v) is 8.53. The third-order valence-electron chi connectivity index (χ3n) is 1.63. The third kappa shape index (κ3) is 2.55. The summed E-state index contributed by atoms with van der Waals surface area (Å²) in [6, 6.07) is 0. The molecule has 1 aliphatic heterocycles. The van der Waals surface area contributed by atoms with E-state index >= 15 is 0 Å². The molecule has 70 valence electrons. The Morgan fingerprint density at radius 2 is 2.33 bits per heavy atom. The van der Waals surface area contributed by atoms with Crippen molar-refractivity contribution < 1.29 is 14.6 Å². The van der Waals surface area contributed by atoms with Crippen LogP contribution in [0.2, 0.25) is 0 Å². The highest BCUT2D eigenvalue weighted by molar-refractivity contribution is 9.09. The van der Waals surface area contributed by atoms with Crippen LogP contribution in [0.15, 0.2) is 12.2 Å². The highest BCUT2D eigenvalue weighted by atomic mass is 79.9. The van der Waals surface area contributed by atoms with Crippen LogP contribution in [0.1, 0.15) is 6.92 Å². The summed E-state index contributed by atoms with van der Waals surface area (Å²) in [4.78, 5) is 0.0826. The molecule has 0 aromatic carbocycles. The Morgan fingerprint density at radius 1 is 1.58 bits per heavy atom. The van der Waals surface area contributed by atoms with Crippen LogP contribution in [0.3, 0.4) is 0 Å². The molecule has 1 heterocycles. The van der Waals surface area contributed by atoms with Crippen LogP contribution in [0, 0.1) is 0 Å². The van der Waals surface area contributed by atoms with Crippen molar-refractivity contribution in [3.05, 3.63) is 12.2 Å². The second-order valence-corrected chi connectivity index (χ2v) is 3.57. The van der Waals surface area contributed by atoms with Crippen molar-refractivity contribution in [2.75, 3.05) is 13.2 Å². The van der Waals surface area contributed by atoms with E-state index in [4.69, 9.17) is 14.6 Å². The Morgan fingerprint density at radius 3 is 2.92 bits per heavy atom. The normalized spacial score (nSPS) is 35.4. The van der Waals surface area contributed by atoms with Crippen molar-refractivity contribution >= 4 is 15.9 Å². The molecule has 1 rings (SSSR count). The van der Waals surface area contributed by atoms with Crippen molar-refractivity contribution in [2.24, 2.45) is 0 Å². The molecule has 0 radical (unpaired) electrons. The van der Waals surface area contributed by atoms with E-state index in [0.29, 0.717) is 6.61 Å².